The number of carbonyl (C=O) groups excluding carboxylic acids is 1. The van der Waals surface area contributed by atoms with Crippen molar-refractivity contribution in [2.45, 2.75) is 39.3 Å². The van der Waals surface area contributed by atoms with Gasteiger partial charge in [-0.15, -0.1) is 0 Å². The molecule has 13 heteroatoms. The van der Waals surface area contributed by atoms with Crippen LogP contribution in [0, 0.1) is 21.7 Å². The van der Waals surface area contributed by atoms with Gasteiger partial charge in [-0.25, -0.2) is 18.6 Å². The molecule has 2 aromatic rings. The molecule has 10 nitrogen and oxygen atoms in total. The third-order valence-corrected chi connectivity index (χ3v) is 5.22. The number of nitrogen functional groups attached to an aromatic ring is 1. The molecule has 0 saturated carbocycles. The van der Waals surface area contributed by atoms with E-state index in [1.807, 2.05) is 0 Å². The van der Waals surface area contributed by atoms with E-state index < -0.39 is 51.5 Å². The lowest BCUT2D eigenvalue weighted by Gasteiger charge is -2.41. The Hall–Kier alpha value is -3.41. The van der Waals surface area contributed by atoms with Gasteiger partial charge in [-0.05, 0) is 27.7 Å². The Morgan fingerprint density at radius 2 is 1.91 bits per heavy atom. The molecule has 1 aliphatic rings. The van der Waals surface area contributed by atoms with Gasteiger partial charge in [-0.3, -0.25) is 10.1 Å². The van der Waals surface area contributed by atoms with Gasteiger partial charge in [0.05, 0.1) is 11.1 Å². The van der Waals surface area contributed by atoms with E-state index in [9.17, 15) is 14.9 Å². The number of nitrogens with zero attached hydrogens (tertiary/aromatic N) is 4. The zero-order valence-corrected chi connectivity index (χ0v) is 19.7. The number of aromatic nitrogens is 1. The first kappa shape index (κ1) is 25.2. The van der Waals surface area contributed by atoms with Gasteiger partial charge in [0.1, 0.15) is 22.1 Å². The van der Waals surface area contributed by atoms with Gasteiger partial charge >= 0.3 is 11.8 Å². The number of ether oxygens (including phenoxy) is 2. The smallest absolute Gasteiger partial charge is 0.410 e. The molecule has 3 rings (SSSR count). The van der Waals surface area contributed by atoms with E-state index in [0.717, 1.165) is 18.3 Å². The Kier molecular flexibility index (Phi) is 7.01. The molecule has 184 valence electrons. The quantitative estimate of drug-likeness (QED) is 0.472. The fourth-order valence-electron chi connectivity index (χ4n) is 3.52. The highest BCUT2D eigenvalue weighted by molar-refractivity contribution is 6.32. The highest BCUT2D eigenvalue weighted by atomic mass is 35.5. The Bertz CT molecular complexity index is 1100. The number of amides is 1. The third kappa shape index (κ3) is 5.38. The van der Waals surface area contributed by atoms with Crippen LogP contribution in [0.25, 0.3) is 0 Å². The first-order chi connectivity index (χ1) is 15.8. The van der Waals surface area contributed by atoms with Crippen molar-refractivity contribution in [1.29, 1.82) is 0 Å². The minimum atomic E-state index is -0.951. The van der Waals surface area contributed by atoms with Gasteiger partial charge < -0.3 is 25.0 Å². The summed E-state index contributed by atoms with van der Waals surface area (Å²) in [7, 11) is 0. The number of rotatable bonds is 4. The van der Waals surface area contributed by atoms with Crippen molar-refractivity contribution >= 4 is 34.9 Å². The average molecular weight is 500 g/mol. The van der Waals surface area contributed by atoms with Crippen molar-refractivity contribution in [3.8, 4) is 11.5 Å². The highest BCUT2D eigenvalue weighted by Gasteiger charge is 2.33. The molecule has 0 aliphatic carbocycles. The molecule has 1 aliphatic heterocycles. The highest BCUT2D eigenvalue weighted by Crippen LogP contribution is 2.41. The van der Waals surface area contributed by atoms with Crippen molar-refractivity contribution in [2.24, 2.45) is 0 Å². The van der Waals surface area contributed by atoms with Crippen molar-refractivity contribution in [2.75, 3.05) is 30.3 Å². The Morgan fingerprint density at radius 1 is 1.29 bits per heavy atom. The number of halogens is 3. The van der Waals surface area contributed by atoms with Crippen molar-refractivity contribution in [3.05, 3.63) is 45.1 Å². The fourth-order valence-corrected chi connectivity index (χ4v) is 3.70. The zero-order chi connectivity index (χ0) is 25.4. The Labute approximate surface area is 199 Å². The fraction of sp³-hybridized carbons (Fsp3) is 0.429. The molecule has 1 fully saturated rings. The summed E-state index contributed by atoms with van der Waals surface area (Å²) in [4.78, 5) is 29.4. The van der Waals surface area contributed by atoms with E-state index in [1.54, 1.807) is 27.7 Å². The predicted octanol–water partition coefficient (Wildman–Crippen LogP) is 4.74. The Morgan fingerprint density at radius 3 is 2.44 bits per heavy atom. The molecule has 1 unspecified atom stereocenters. The standard InChI is InChI=1S/C21H24ClF2N5O5/c1-11-10-27(20(30)34-21(2,3)4)5-6-28(11)16-14(23)7-12(8-15(16)24)33-18-13(22)9-26-19(25)17(18)29(31)32/h7-9,11H,5-6,10H2,1-4H3,(H2,25,26). The predicted molar refractivity (Wildman–Crippen MR) is 121 cm³/mol. The number of benzene rings is 1. The van der Waals surface area contributed by atoms with E-state index in [-0.39, 0.29) is 36.1 Å². The number of anilines is 2. The molecule has 1 atom stereocenters. The van der Waals surface area contributed by atoms with Crippen molar-refractivity contribution in [3.63, 3.8) is 0 Å². The maximum absolute atomic E-state index is 15.0. The average Bonchev–Trinajstić information content (AvgIpc) is 2.69. The topological polar surface area (TPSA) is 124 Å². The lowest BCUT2D eigenvalue weighted by atomic mass is 10.1. The SMILES string of the molecule is CC1CN(C(=O)OC(C)(C)C)CCN1c1c(F)cc(Oc2c(Cl)cnc(N)c2[N+](=O)[O-])cc1F. The summed E-state index contributed by atoms with van der Waals surface area (Å²) in [6.07, 6.45) is 0.533. The summed E-state index contributed by atoms with van der Waals surface area (Å²) in [6.45, 7) is 7.54. The summed E-state index contributed by atoms with van der Waals surface area (Å²) in [5, 5.41) is 11.1. The maximum Gasteiger partial charge on any atom is 0.410 e. The molecule has 2 N–H and O–H groups in total. The second kappa shape index (κ2) is 9.45. The van der Waals surface area contributed by atoms with Gasteiger partial charge in [0.15, 0.2) is 11.6 Å². The van der Waals surface area contributed by atoms with Crippen molar-refractivity contribution in [1.82, 2.24) is 9.88 Å². The molecule has 1 amide bonds. The first-order valence-electron chi connectivity index (χ1n) is 10.3. The number of piperazine rings is 1. The largest absolute Gasteiger partial charge is 0.448 e. The van der Waals surface area contributed by atoms with Crippen LogP contribution < -0.4 is 15.4 Å². The second-order valence-electron chi connectivity index (χ2n) is 8.73. The van der Waals surface area contributed by atoms with E-state index in [4.69, 9.17) is 26.8 Å². The third-order valence-electron chi connectivity index (χ3n) is 4.95. The molecule has 0 bridgehead atoms. The van der Waals surface area contributed by atoms with E-state index in [2.05, 4.69) is 4.98 Å². The number of nitrogens with two attached hydrogens (primary N) is 1. The van der Waals surface area contributed by atoms with Gasteiger partial charge in [0.25, 0.3) is 0 Å². The number of hydrogen-bond acceptors (Lipinski definition) is 8. The summed E-state index contributed by atoms with van der Waals surface area (Å²) in [5.74, 6) is -3.19. The minimum absolute atomic E-state index is 0.159. The molecule has 1 saturated heterocycles. The molecular weight excluding hydrogens is 476 g/mol. The lowest BCUT2D eigenvalue weighted by molar-refractivity contribution is -0.384. The van der Waals surface area contributed by atoms with Crippen LogP contribution in [0.15, 0.2) is 18.3 Å². The number of carbonyl (C=O) groups is 1. The normalized spacial score (nSPS) is 16.4. The van der Waals surface area contributed by atoms with Crippen LogP contribution in [0.1, 0.15) is 27.7 Å². The van der Waals surface area contributed by atoms with Crippen LogP contribution in [0.2, 0.25) is 5.02 Å². The molecular formula is C21H24ClF2N5O5. The van der Waals surface area contributed by atoms with Crippen LogP contribution >= 0.6 is 11.6 Å². The summed E-state index contributed by atoms with van der Waals surface area (Å²) in [5.41, 5.74) is 3.84. The van der Waals surface area contributed by atoms with Crippen LogP contribution in [0.4, 0.5) is 30.8 Å². The second-order valence-corrected chi connectivity index (χ2v) is 9.14. The zero-order valence-electron chi connectivity index (χ0n) is 19.0. The summed E-state index contributed by atoms with van der Waals surface area (Å²) < 4.78 is 40.7. The molecule has 0 spiro atoms. The van der Waals surface area contributed by atoms with Crippen LogP contribution in [0.5, 0.6) is 11.5 Å². The molecule has 1 aromatic heterocycles. The molecule has 0 radical (unpaired) electrons. The molecule has 2 heterocycles. The number of nitro groups is 1. The Balaban J connectivity index is 1.83. The van der Waals surface area contributed by atoms with E-state index >= 15 is 8.78 Å². The molecule has 1 aromatic carbocycles. The first-order valence-corrected chi connectivity index (χ1v) is 10.7. The van der Waals surface area contributed by atoms with Crippen LogP contribution in [-0.2, 0) is 4.74 Å². The lowest BCUT2D eigenvalue weighted by Crippen LogP contribution is -2.55. The van der Waals surface area contributed by atoms with Crippen LogP contribution in [-0.4, -0.2) is 52.2 Å². The van der Waals surface area contributed by atoms with Gasteiger partial charge in [-0.1, -0.05) is 11.6 Å². The van der Waals surface area contributed by atoms with Crippen molar-refractivity contribution < 1.29 is 28.0 Å². The van der Waals surface area contributed by atoms with Gasteiger partial charge in [0.2, 0.25) is 11.6 Å². The van der Waals surface area contributed by atoms with Gasteiger partial charge in [0, 0.05) is 37.8 Å². The maximum atomic E-state index is 15.0. The van der Waals surface area contributed by atoms with Crippen LogP contribution in [0.3, 0.4) is 0 Å². The number of pyridine rings is 1. The summed E-state index contributed by atoms with van der Waals surface area (Å²) in [6, 6.07) is 1.36. The van der Waals surface area contributed by atoms with E-state index in [0.29, 0.717) is 0 Å². The minimum Gasteiger partial charge on any atom is -0.448 e. The summed E-state index contributed by atoms with van der Waals surface area (Å²) >= 11 is 5.94. The van der Waals surface area contributed by atoms with Gasteiger partial charge in [-0.2, -0.15) is 0 Å². The monoisotopic (exact) mass is 499 g/mol. The molecule has 34 heavy (non-hydrogen) atoms. The number of hydrogen-bond donors (Lipinski definition) is 1. The van der Waals surface area contributed by atoms with E-state index in [1.165, 1.54) is 9.80 Å².